The number of para-hydroxylation sites is 1. The second-order valence-corrected chi connectivity index (χ2v) is 7.43. The summed E-state index contributed by atoms with van der Waals surface area (Å²) < 4.78 is 1.89. The van der Waals surface area contributed by atoms with Crippen LogP contribution < -0.4 is 10.6 Å². The molecule has 1 aliphatic rings. The zero-order chi connectivity index (χ0) is 20.4. The first kappa shape index (κ1) is 18.9. The molecule has 0 atom stereocenters. The van der Waals surface area contributed by atoms with Gasteiger partial charge in [0.2, 0.25) is 0 Å². The van der Waals surface area contributed by atoms with Gasteiger partial charge >= 0.3 is 0 Å². The summed E-state index contributed by atoms with van der Waals surface area (Å²) >= 11 is 0. The van der Waals surface area contributed by atoms with E-state index in [9.17, 15) is 9.59 Å². The van der Waals surface area contributed by atoms with Crippen molar-refractivity contribution in [2.24, 2.45) is 0 Å². The molecule has 6 heteroatoms. The molecule has 1 aromatic heterocycles. The fraction of sp³-hybridized carbons (Fsp3) is 0.261. The van der Waals surface area contributed by atoms with Gasteiger partial charge in [-0.15, -0.1) is 0 Å². The lowest BCUT2D eigenvalue weighted by molar-refractivity contribution is 0.101. The molecule has 0 radical (unpaired) electrons. The molecule has 3 aromatic rings. The smallest absolute Gasteiger partial charge is 0.291 e. The van der Waals surface area contributed by atoms with E-state index in [2.05, 4.69) is 15.6 Å². The van der Waals surface area contributed by atoms with E-state index in [1.54, 1.807) is 0 Å². The molecule has 0 fully saturated rings. The van der Waals surface area contributed by atoms with Crippen LogP contribution in [0.4, 0.5) is 11.4 Å². The van der Waals surface area contributed by atoms with Crippen molar-refractivity contribution in [1.82, 2.24) is 9.55 Å². The SMILES string of the molecule is Cc1ccc(C)c(NC(=O)c2nc(C(=O)Nc3ccccc3)n3c2CCCC3)c1. The first-order valence-corrected chi connectivity index (χ1v) is 9.87. The summed E-state index contributed by atoms with van der Waals surface area (Å²) in [5.41, 5.74) is 4.69. The third-order valence-electron chi connectivity index (χ3n) is 5.21. The lowest BCUT2D eigenvalue weighted by atomic mass is 10.1. The summed E-state index contributed by atoms with van der Waals surface area (Å²) in [5, 5.41) is 5.85. The van der Waals surface area contributed by atoms with Crippen LogP contribution in [0.15, 0.2) is 48.5 Å². The minimum absolute atomic E-state index is 0.275. The van der Waals surface area contributed by atoms with Crippen LogP contribution >= 0.6 is 0 Å². The van der Waals surface area contributed by atoms with Gasteiger partial charge in [0.25, 0.3) is 11.8 Å². The molecule has 0 saturated carbocycles. The molecule has 0 saturated heterocycles. The molecule has 0 spiro atoms. The lowest BCUT2D eigenvalue weighted by Gasteiger charge is -2.17. The maximum atomic E-state index is 13.0. The molecule has 1 aliphatic heterocycles. The Balaban J connectivity index is 1.64. The largest absolute Gasteiger partial charge is 0.323 e. The zero-order valence-corrected chi connectivity index (χ0v) is 16.7. The molecule has 4 rings (SSSR count). The number of nitrogens with zero attached hydrogens (tertiary/aromatic N) is 2. The number of carbonyl (C=O) groups excluding carboxylic acids is 2. The molecule has 2 heterocycles. The maximum Gasteiger partial charge on any atom is 0.291 e. The average Bonchev–Trinajstić information content (AvgIpc) is 3.11. The van der Waals surface area contributed by atoms with Crippen molar-refractivity contribution in [1.29, 1.82) is 0 Å². The highest BCUT2D eigenvalue weighted by Crippen LogP contribution is 2.24. The number of benzene rings is 2. The lowest BCUT2D eigenvalue weighted by Crippen LogP contribution is -2.21. The highest BCUT2D eigenvalue weighted by molar-refractivity contribution is 6.07. The van der Waals surface area contributed by atoms with Crippen LogP contribution in [0.25, 0.3) is 0 Å². The number of rotatable bonds is 4. The third-order valence-corrected chi connectivity index (χ3v) is 5.21. The van der Waals surface area contributed by atoms with E-state index >= 15 is 0 Å². The van der Waals surface area contributed by atoms with Crippen molar-refractivity contribution in [2.75, 3.05) is 10.6 Å². The van der Waals surface area contributed by atoms with Gasteiger partial charge in [-0.2, -0.15) is 0 Å². The van der Waals surface area contributed by atoms with Crippen LogP contribution in [0.2, 0.25) is 0 Å². The molecular weight excluding hydrogens is 364 g/mol. The minimum Gasteiger partial charge on any atom is -0.323 e. The van der Waals surface area contributed by atoms with Crippen molar-refractivity contribution < 1.29 is 9.59 Å². The summed E-state index contributed by atoms with van der Waals surface area (Å²) in [7, 11) is 0. The second-order valence-electron chi connectivity index (χ2n) is 7.43. The molecule has 0 bridgehead atoms. The standard InChI is InChI=1S/C23H24N4O2/c1-15-11-12-16(2)18(14-15)25-22(28)20-19-10-6-7-13-27(19)21(26-20)23(29)24-17-8-4-3-5-9-17/h3-5,8-9,11-12,14H,6-7,10,13H2,1-2H3,(H,24,29)(H,25,28). The van der Waals surface area contributed by atoms with Crippen LogP contribution in [0, 0.1) is 13.8 Å². The highest BCUT2D eigenvalue weighted by Gasteiger charge is 2.27. The predicted molar refractivity (Wildman–Crippen MR) is 113 cm³/mol. The fourth-order valence-electron chi connectivity index (χ4n) is 3.66. The number of hydrogen-bond acceptors (Lipinski definition) is 3. The van der Waals surface area contributed by atoms with Crippen LogP contribution in [0.5, 0.6) is 0 Å². The van der Waals surface area contributed by atoms with Crippen molar-refractivity contribution in [3.8, 4) is 0 Å². The normalized spacial score (nSPS) is 12.9. The molecule has 6 nitrogen and oxygen atoms in total. The average molecular weight is 388 g/mol. The van der Waals surface area contributed by atoms with E-state index in [4.69, 9.17) is 0 Å². The number of hydrogen-bond donors (Lipinski definition) is 2. The number of amides is 2. The van der Waals surface area contributed by atoms with Gasteiger partial charge in [0.15, 0.2) is 11.5 Å². The first-order chi connectivity index (χ1) is 14.0. The fourth-order valence-corrected chi connectivity index (χ4v) is 3.66. The molecule has 0 unspecified atom stereocenters. The van der Waals surface area contributed by atoms with E-state index < -0.39 is 0 Å². The van der Waals surface area contributed by atoms with Crippen LogP contribution in [0.3, 0.4) is 0 Å². The molecule has 2 amide bonds. The molecular formula is C23H24N4O2. The Morgan fingerprint density at radius 1 is 0.966 bits per heavy atom. The van der Waals surface area contributed by atoms with Gasteiger partial charge in [0.1, 0.15) is 0 Å². The first-order valence-electron chi connectivity index (χ1n) is 9.87. The molecule has 29 heavy (non-hydrogen) atoms. The number of aromatic nitrogens is 2. The topological polar surface area (TPSA) is 76.0 Å². The number of aryl methyl sites for hydroxylation is 2. The zero-order valence-electron chi connectivity index (χ0n) is 16.7. The second kappa shape index (κ2) is 7.91. The van der Waals surface area contributed by atoms with Crippen molar-refractivity contribution in [2.45, 2.75) is 39.7 Å². The molecule has 0 aliphatic carbocycles. The number of carbonyl (C=O) groups is 2. The summed E-state index contributed by atoms with van der Waals surface area (Å²) in [5.74, 6) is -0.289. The van der Waals surface area contributed by atoms with Gasteiger partial charge in [-0.05, 0) is 62.4 Å². The van der Waals surface area contributed by atoms with Crippen molar-refractivity contribution in [3.05, 3.63) is 76.9 Å². The van der Waals surface area contributed by atoms with E-state index in [1.165, 1.54) is 0 Å². The van der Waals surface area contributed by atoms with E-state index in [0.717, 1.165) is 41.8 Å². The predicted octanol–water partition coefficient (Wildman–Crippen LogP) is 4.34. The number of nitrogens with one attached hydrogen (secondary N) is 2. The quantitative estimate of drug-likeness (QED) is 0.698. The van der Waals surface area contributed by atoms with E-state index in [0.29, 0.717) is 17.9 Å². The number of anilines is 2. The Bertz CT molecular complexity index is 1070. The van der Waals surface area contributed by atoms with Gasteiger partial charge in [-0.25, -0.2) is 4.98 Å². The minimum atomic E-state index is -0.301. The Morgan fingerprint density at radius 3 is 2.55 bits per heavy atom. The molecule has 2 aromatic carbocycles. The molecule has 148 valence electrons. The van der Waals surface area contributed by atoms with Crippen LogP contribution in [-0.4, -0.2) is 21.4 Å². The van der Waals surface area contributed by atoms with Gasteiger partial charge < -0.3 is 15.2 Å². The van der Waals surface area contributed by atoms with Crippen molar-refractivity contribution in [3.63, 3.8) is 0 Å². The maximum absolute atomic E-state index is 13.0. The summed E-state index contributed by atoms with van der Waals surface area (Å²) in [6.45, 7) is 4.63. The van der Waals surface area contributed by atoms with Gasteiger partial charge in [-0.1, -0.05) is 30.3 Å². The highest BCUT2D eigenvalue weighted by atomic mass is 16.2. The van der Waals surface area contributed by atoms with Gasteiger partial charge in [0.05, 0.1) is 5.69 Å². The summed E-state index contributed by atoms with van der Waals surface area (Å²) in [6, 6.07) is 15.2. The third kappa shape index (κ3) is 3.92. The van der Waals surface area contributed by atoms with Gasteiger partial charge in [0, 0.05) is 17.9 Å². The summed E-state index contributed by atoms with van der Waals surface area (Å²) in [4.78, 5) is 30.4. The van der Waals surface area contributed by atoms with Crippen molar-refractivity contribution >= 4 is 23.2 Å². The number of fused-ring (bicyclic) bond motifs is 1. The van der Waals surface area contributed by atoms with E-state index in [1.807, 2.05) is 66.9 Å². The van der Waals surface area contributed by atoms with Crippen LogP contribution in [0.1, 0.15) is 50.8 Å². The molecule has 2 N–H and O–H groups in total. The Morgan fingerprint density at radius 2 is 1.76 bits per heavy atom. The van der Waals surface area contributed by atoms with E-state index in [-0.39, 0.29) is 17.6 Å². The van der Waals surface area contributed by atoms with Gasteiger partial charge in [-0.3, -0.25) is 9.59 Å². The number of imidazole rings is 1. The monoisotopic (exact) mass is 388 g/mol. The Labute approximate surface area is 170 Å². The Hall–Kier alpha value is -3.41. The summed E-state index contributed by atoms with van der Waals surface area (Å²) in [6.07, 6.45) is 2.68. The Kier molecular flexibility index (Phi) is 5.16. The van der Waals surface area contributed by atoms with Crippen LogP contribution in [-0.2, 0) is 13.0 Å².